The van der Waals surface area contributed by atoms with Crippen LogP contribution in [0.3, 0.4) is 0 Å². The van der Waals surface area contributed by atoms with E-state index in [9.17, 15) is 0 Å². The van der Waals surface area contributed by atoms with E-state index in [2.05, 4.69) is 0 Å². The molecule has 0 aliphatic rings. The van der Waals surface area contributed by atoms with Crippen molar-refractivity contribution in [3.05, 3.63) is 0 Å². The fourth-order valence-electron chi connectivity index (χ4n) is 0. The molecule has 0 atom stereocenters. The minimum atomic E-state index is -7.32. The summed E-state index contributed by atoms with van der Waals surface area (Å²) in [5.41, 5.74) is 0. The first kappa shape index (κ1) is 10.7. The van der Waals surface area contributed by atoms with E-state index in [1.807, 2.05) is 0 Å². The van der Waals surface area contributed by atoms with Gasteiger partial charge in [-0.15, -0.1) is 0 Å². The third kappa shape index (κ3) is 201. The number of halogens is 4. The molecule has 0 unspecified atom stereocenters. The second kappa shape index (κ2) is 0.830. The molecular weight excluding hydrogens is 393 g/mol. The summed E-state index contributed by atoms with van der Waals surface area (Å²) in [6, 6.07) is 0. The summed E-state index contributed by atoms with van der Waals surface area (Å²) in [6.07, 6.45) is 0. The van der Waals surface area contributed by atoms with Crippen molar-refractivity contribution in [2.45, 2.75) is 0 Å². The van der Waals surface area contributed by atoms with Gasteiger partial charge in [0.2, 0.25) is 0 Å². The molecule has 9 heteroatoms. The predicted molar refractivity (Wildman–Crippen MR) is 40.2 cm³/mol. The molecule has 0 heterocycles. The van der Waals surface area contributed by atoms with Gasteiger partial charge in [-0.2, -0.15) is 0 Å². The van der Waals surface area contributed by atoms with Crippen LogP contribution in [-0.2, 0) is 7.89 Å². The molecule has 0 bridgehead atoms. The Balaban J connectivity index is 5.84. The van der Waals surface area contributed by atoms with Crippen molar-refractivity contribution in [1.82, 2.24) is 0 Å². The summed E-state index contributed by atoms with van der Waals surface area (Å²) >= 11 is 0. The van der Waals surface area contributed by atoms with Gasteiger partial charge in [0.15, 0.2) is 0 Å². The molecule has 0 fully saturated rings. The second-order valence-electron chi connectivity index (χ2n) is 2.01. The summed E-state index contributed by atoms with van der Waals surface area (Å²) in [5, 5.41) is 0. The Morgan fingerprint density at radius 3 is 0.667 bits per heavy atom. The van der Waals surface area contributed by atoms with Crippen LogP contribution in [0, 0.1) is 0 Å². The minimum absolute atomic E-state index is 4.88. The van der Waals surface area contributed by atoms with Crippen LogP contribution >= 0.6 is 37.7 Å². The first-order valence-corrected chi connectivity index (χ1v) is 17.7. The maximum absolute atomic E-state index is 7.32. The number of hydrogen-bond acceptors (Lipinski definition) is 4. The zero-order chi connectivity index (χ0) is 8.35. The quantitative estimate of drug-likeness (QED) is 0.472. The molecule has 8 N–H and O–H groups in total. The van der Waals surface area contributed by atoms with Crippen molar-refractivity contribution in [3.8, 4) is 0 Å². The van der Waals surface area contributed by atoms with E-state index < -0.39 is 7.89 Å². The summed E-state index contributed by atoms with van der Waals surface area (Å²) in [7, 11) is 13.2. The van der Waals surface area contributed by atoms with Crippen molar-refractivity contribution in [1.29, 1.82) is 0 Å². The third-order valence-electron chi connectivity index (χ3n) is 0. The Hall–Kier alpha value is 1.69. The van der Waals surface area contributed by atoms with E-state index in [0.717, 1.165) is 0 Å². The second-order valence-corrected chi connectivity index (χ2v) is 52.3. The van der Waals surface area contributed by atoms with Crippen molar-refractivity contribution in [2.75, 3.05) is 0 Å². The van der Waals surface area contributed by atoms with Gasteiger partial charge in [-0.1, -0.05) is 0 Å². The van der Waals surface area contributed by atoms with Crippen molar-refractivity contribution in [2.24, 2.45) is 17.2 Å². The normalized spacial score (nSPS) is 31.1. The summed E-state index contributed by atoms with van der Waals surface area (Å²) in [6.45, 7) is 0. The summed E-state index contributed by atoms with van der Waals surface area (Å²) < 4.78 is 19.5. The molecule has 4 nitrogen and oxygen atoms in total. The average molecular weight is 401 g/mol. The van der Waals surface area contributed by atoms with Gasteiger partial charge in [-0.05, 0) is 0 Å². The topological polar surface area (TPSA) is 104 Å². The van der Waals surface area contributed by atoms with Crippen molar-refractivity contribution < 1.29 is 7.89 Å². The summed E-state index contributed by atoms with van der Waals surface area (Å²) in [5.74, 6) is 0. The van der Waals surface area contributed by atoms with E-state index in [0.29, 0.717) is 0 Å². The van der Waals surface area contributed by atoms with Crippen molar-refractivity contribution >= 4 is 37.7 Å². The first-order chi connectivity index (χ1) is 2.83. The monoisotopic (exact) mass is 399 g/mol. The van der Waals surface area contributed by atoms with Gasteiger partial charge in [0.25, 0.3) is 0 Å². The molecule has 0 aliphatic heterocycles. The van der Waals surface area contributed by atoms with Gasteiger partial charge in [0.1, 0.15) is 0 Å². The van der Waals surface area contributed by atoms with Gasteiger partial charge >= 0.3 is 62.7 Å². The van der Waals surface area contributed by atoms with E-state index >= 15 is 0 Å². The standard InChI is InChI=1S/4ClH.4H2N.Pt/h4*1H;4*1H2;/q;;;;4*-1;+8/p-4. The number of hydrogen-bond donors (Lipinski definition) is 4. The molecule has 66 valence electrons. The molecule has 0 radical (unpaired) electrons. The molecule has 0 aromatic heterocycles. The fraction of sp³-hybridized carbons (Fsp3) is 0. The SMILES string of the molecule is [NH2][Pt]([NH2])([NH2])([NH2])([Cl])([Cl])([Cl])[Cl]. The Bertz CT molecular complexity index is 147. The zero-order valence-electron chi connectivity index (χ0n) is 4.14. The number of rotatable bonds is 0. The van der Waals surface area contributed by atoms with Crippen LogP contribution in [0.25, 0.3) is 0 Å². The predicted octanol–water partition coefficient (Wildman–Crippen LogP) is 0.393. The van der Waals surface area contributed by atoms with Crippen LogP contribution in [0.5, 0.6) is 0 Å². The van der Waals surface area contributed by atoms with Crippen LogP contribution < -0.4 is 17.2 Å². The molecule has 0 aromatic rings. The molecule has 0 saturated carbocycles. The molecule has 0 saturated heterocycles. The van der Waals surface area contributed by atoms with Crippen LogP contribution in [0.1, 0.15) is 0 Å². The molecule has 9 heavy (non-hydrogen) atoms. The third-order valence-corrected chi connectivity index (χ3v) is 0. The zero-order valence-corrected chi connectivity index (χ0v) is 9.43. The van der Waals surface area contributed by atoms with Crippen LogP contribution in [0.15, 0.2) is 0 Å². The Morgan fingerprint density at radius 2 is 0.667 bits per heavy atom. The first-order valence-electron chi connectivity index (χ1n) is 1.21. The van der Waals surface area contributed by atoms with Crippen LogP contribution in [-0.4, -0.2) is 0 Å². The summed E-state index contributed by atoms with van der Waals surface area (Å²) in [4.78, 5) is 0. The average Bonchev–Trinajstić information content (AvgIpc) is 0.503. The Morgan fingerprint density at radius 1 is 0.667 bits per heavy atom. The molecule has 0 aliphatic carbocycles. The van der Waals surface area contributed by atoms with Gasteiger partial charge in [0, 0.05) is 0 Å². The maximum atomic E-state index is 5.12. The van der Waals surface area contributed by atoms with Crippen molar-refractivity contribution in [3.63, 3.8) is 0 Å². The molecule has 0 amide bonds. The number of nitrogens with two attached hydrogens (primary N) is 4. The Labute approximate surface area is 62.4 Å². The molecule has 0 spiro atoms. The van der Waals surface area contributed by atoms with Crippen LogP contribution in [0.4, 0.5) is 0 Å². The molecule has 0 aromatic carbocycles. The van der Waals surface area contributed by atoms with E-state index in [4.69, 9.17) is 54.8 Å². The van der Waals surface area contributed by atoms with E-state index in [-0.39, 0.29) is 0 Å². The van der Waals surface area contributed by atoms with Gasteiger partial charge in [-0.3, -0.25) is 0 Å². The molecular formula is H8Cl4N4Pt. The van der Waals surface area contributed by atoms with Crippen LogP contribution in [0.2, 0.25) is 0 Å². The van der Waals surface area contributed by atoms with E-state index in [1.54, 1.807) is 0 Å². The van der Waals surface area contributed by atoms with Gasteiger partial charge in [-0.25, -0.2) is 0 Å². The Kier molecular flexibility index (Phi) is 0.985. The van der Waals surface area contributed by atoms with Gasteiger partial charge in [0.05, 0.1) is 0 Å². The molecule has 0 rings (SSSR count). The van der Waals surface area contributed by atoms with Gasteiger partial charge < -0.3 is 0 Å². The van der Waals surface area contributed by atoms with E-state index in [1.165, 1.54) is 0 Å². The fourth-order valence-corrected chi connectivity index (χ4v) is 0.